The number of hydrogen-bond donors (Lipinski definition) is 1. The van der Waals surface area contributed by atoms with Crippen LogP contribution in [0.4, 0.5) is 5.88 Å². The molecular weight excluding hydrogens is 344 g/mol. The lowest BCUT2D eigenvalue weighted by atomic mass is 10.2. The lowest BCUT2D eigenvalue weighted by molar-refractivity contribution is -0.402. The van der Waals surface area contributed by atoms with Crippen molar-refractivity contribution in [2.45, 2.75) is 6.04 Å². The first-order valence-electron chi connectivity index (χ1n) is 4.89. The summed E-state index contributed by atoms with van der Waals surface area (Å²) in [6.07, 6.45) is 0. The standard InChI is InChI=1S/C10H8BrClN2O3S/c1-13-9(7-4-5(11)10(12)18-7)6-2-3-8(17-6)14(15)16/h2-4,9,13H,1H3. The first kappa shape index (κ1) is 13.5. The third kappa shape index (κ3) is 2.59. The number of hydrogen-bond acceptors (Lipinski definition) is 5. The highest BCUT2D eigenvalue weighted by Gasteiger charge is 2.22. The predicted octanol–water partition coefficient (Wildman–Crippen LogP) is 3.97. The van der Waals surface area contributed by atoms with Gasteiger partial charge in [-0.2, -0.15) is 0 Å². The lowest BCUT2D eigenvalue weighted by Crippen LogP contribution is -2.15. The van der Waals surface area contributed by atoms with Crippen LogP contribution in [0.5, 0.6) is 0 Å². The summed E-state index contributed by atoms with van der Waals surface area (Å²) < 4.78 is 6.62. The van der Waals surface area contributed by atoms with Gasteiger partial charge in [-0.15, -0.1) is 11.3 Å². The third-order valence-corrected chi connectivity index (χ3v) is 4.85. The Balaban J connectivity index is 2.35. The summed E-state index contributed by atoms with van der Waals surface area (Å²) in [5.74, 6) is 0.210. The molecule has 8 heteroatoms. The maximum atomic E-state index is 10.6. The van der Waals surface area contributed by atoms with E-state index in [4.69, 9.17) is 16.0 Å². The summed E-state index contributed by atoms with van der Waals surface area (Å²) in [7, 11) is 1.75. The van der Waals surface area contributed by atoms with Gasteiger partial charge >= 0.3 is 5.88 Å². The van der Waals surface area contributed by atoms with E-state index in [2.05, 4.69) is 21.2 Å². The quantitative estimate of drug-likeness (QED) is 0.668. The molecule has 96 valence electrons. The topological polar surface area (TPSA) is 68.3 Å². The third-order valence-electron chi connectivity index (χ3n) is 2.31. The van der Waals surface area contributed by atoms with Gasteiger partial charge < -0.3 is 9.73 Å². The summed E-state index contributed by atoms with van der Waals surface area (Å²) in [4.78, 5) is 10.9. The van der Waals surface area contributed by atoms with Crippen LogP contribution in [0.25, 0.3) is 0 Å². The van der Waals surface area contributed by atoms with Gasteiger partial charge in [0, 0.05) is 9.35 Å². The van der Waals surface area contributed by atoms with Crippen LogP contribution < -0.4 is 5.32 Å². The minimum Gasteiger partial charge on any atom is -0.404 e. The molecule has 0 aliphatic carbocycles. The van der Waals surface area contributed by atoms with E-state index in [1.165, 1.54) is 17.4 Å². The average molecular weight is 352 g/mol. The Kier molecular flexibility index (Phi) is 4.06. The van der Waals surface area contributed by atoms with Crippen molar-refractivity contribution >= 4 is 44.8 Å². The highest BCUT2D eigenvalue weighted by molar-refractivity contribution is 9.10. The Morgan fingerprint density at radius 3 is 2.78 bits per heavy atom. The normalized spacial score (nSPS) is 12.6. The lowest BCUT2D eigenvalue weighted by Gasteiger charge is -2.10. The average Bonchev–Trinajstić information content (AvgIpc) is 2.89. The second-order valence-corrected chi connectivity index (χ2v) is 5.97. The molecule has 2 aromatic rings. The molecular formula is C10H8BrClN2O3S. The molecule has 0 saturated carbocycles. The van der Waals surface area contributed by atoms with Gasteiger partial charge in [-0.05, 0) is 35.1 Å². The summed E-state index contributed by atoms with van der Waals surface area (Å²) in [5, 5.41) is 13.6. The van der Waals surface area contributed by atoms with E-state index in [0.717, 1.165) is 9.35 Å². The van der Waals surface area contributed by atoms with Crippen LogP contribution in [0.15, 0.2) is 27.1 Å². The fraction of sp³-hybridized carbons (Fsp3) is 0.200. The summed E-state index contributed by atoms with van der Waals surface area (Å²) in [6, 6.07) is 4.53. The van der Waals surface area contributed by atoms with E-state index >= 15 is 0 Å². The number of rotatable bonds is 4. The number of thiophene rings is 1. The van der Waals surface area contributed by atoms with Crippen LogP contribution in [0.1, 0.15) is 16.7 Å². The number of nitrogens with one attached hydrogen (secondary N) is 1. The molecule has 0 spiro atoms. The number of nitro groups is 1. The Morgan fingerprint density at radius 2 is 2.33 bits per heavy atom. The van der Waals surface area contributed by atoms with Crippen molar-refractivity contribution < 1.29 is 9.34 Å². The van der Waals surface area contributed by atoms with E-state index < -0.39 is 4.92 Å². The first-order valence-corrected chi connectivity index (χ1v) is 6.87. The molecule has 0 saturated heterocycles. The van der Waals surface area contributed by atoms with Gasteiger partial charge in [-0.3, -0.25) is 10.1 Å². The first-order chi connectivity index (χ1) is 8.52. The second kappa shape index (κ2) is 5.40. The monoisotopic (exact) mass is 350 g/mol. The Hall–Kier alpha value is -0.890. The van der Waals surface area contributed by atoms with Crippen LogP contribution in [0.3, 0.4) is 0 Å². The molecule has 0 aliphatic heterocycles. The minimum absolute atomic E-state index is 0.257. The number of halogens is 2. The molecule has 18 heavy (non-hydrogen) atoms. The van der Waals surface area contributed by atoms with Crippen molar-refractivity contribution in [2.24, 2.45) is 0 Å². The molecule has 0 fully saturated rings. The van der Waals surface area contributed by atoms with Crippen LogP contribution in [-0.4, -0.2) is 12.0 Å². The molecule has 1 unspecified atom stereocenters. The highest BCUT2D eigenvalue weighted by atomic mass is 79.9. The molecule has 1 N–H and O–H groups in total. The Bertz CT molecular complexity index is 564. The van der Waals surface area contributed by atoms with E-state index in [1.807, 2.05) is 6.07 Å². The predicted molar refractivity (Wildman–Crippen MR) is 73.3 cm³/mol. The largest absolute Gasteiger partial charge is 0.433 e. The van der Waals surface area contributed by atoms with Gasteiger partial charge in [0.1, 0.15) is 21.1 Å². The molecule has 0 bridgehead atoms. The van der Waals surface area contributed by atoms with E-state index in [-0.39, 0.29) is 11.9 Å². The fourth-order valence-corrected chi connectivity index (χ4v) is 3.38. The summed E-state index contributed by atoms with van der Waals surface area (Å²) >= 11 is 10.7. The van der Waals surface area contributed by atoms with Crippen molar-refractivity contribution in [3.8, 4) is 0 Å². The maximum absolute atomic E-state index is 10.6. The zero-order valence-electron chi connectivity index (χ0n) is 9.15. The van der Waals surface area contributed by atoms with Crippen molar-refractivity contribution in [3.05, 3.63) is 47.8 Å². The zero-order valence-corrected chi connectivity index (χ0v) is 12.3. The molecule has 0 amide bonds. The van der Waals surface area contributed by atoms with Gasteiger partial charge in [0.2, 0.25) is 0 Å². The highest BCUT2D eigenvalue weighted by Crippen LogP contribution is 2.38. The summed E-state index contributed by atoms with van der Waals surface area (Å²) in [6.45, 7) is 0. The number of furan rings is 1. The van der Waals surface area contributed by atoms with Gasteiger partial charge in [0.05, 0.1) is 6.07 Å². The molecule has 2 heterocycles. The molecule has 0 aromatic carbocycles. The fourth-order valence-electron chi connectivity index (χ4n) is 1.53. The van der Waals surface area contributed by atoms with Gasteiger partial charge in [-0.25, -0.2) is 0 Å². The molecule has 2 rings (SSSR count). The van der Waals surface area contributed by atoms with Gasteiger partial charge in [0.25, 0.3) is 0 Å². The van der Waals surface area contributed by atoms with Crippen LogP contribution in [0.2, 0.25) is 4.34 Å². The Labute approximate surface area is 120 Å². The SMILES string of the molecule is CNC(c1ccc([N+](=O)[O-])o1)c1cc(Br)c(Cl)s1. The maximum Gasteiger partial charge on any atom is 0.433 e. The van der Waals surface area contributed by atoms with Crippen LogP contribution >= 0.6 is 38.9 Å². The smallest absolute Gasteiger partial charge is 0.404 e. The molecule has 0 aliphatic rings. The summed E-state index contributed by atoms with van der Waals surface area (Å²) in [5.41, 5.74) is 0. The zero-order chi connectivity index (χ0) is 13.3. The second-order valence-electron chi connectivity index (χ2n) is 3.43. The molecule has 0 radical (unpaired) electrons. The van der Waals surface area contributed by atoms with E-state index in [1.54, 1.807) is 13.1 Å². The molecule has 1 atom stereocenters. The Morgan fingerprint density at radius 1 is 1.61 bits per heavy atom. The minimum atomic E-state index is -0.562. The van der Waals surface area contributed by atoms with E-state index in [9.17, 15) is 10.1 Å². The van der Waals surface area contributed by atoms with Crippen molar-refractivity contribution in [1.29, 1.82) is 0 Å². The van der Waals surface area contributed by atoms with Crippen LogP contribution in [-0.2, 0) is 0 Å². The van der Waals surface area contributed by atoms with Gasteiger partial charge in [0.15, 0.2) is 0 Å². The van der Waals surface area contributed by atoms with Crippen LogP contribution in [0, 0.1) is 10.1 Å². The molecule has 2 aromatic heterocycles. The van der Waals surface area contributed by atoms with E-state index in [0.29, 0.717) is 10.1 Å². The van der Waals surface area contributed by atoms with Gasteiger partial charge in [-0.1, -0.05) is 11.6 Å². The van der Waals surface area contributed by atoms with Crippen molar-refractivity contribution in [1.82, 2.24) is 5.32 Å². The van der Waals surface area contributed by atoms with Crippen molar-refractivity contribution in [2.75, 3.05) is 7.05 Å². The van der Waals surface area contributed by atoms with Crippen molar-refractivity contribution in [3.63, 3.8) is 0 Å². The molecule has 5 nitrogen and oxygen atoms in total. The number of nitrogens with zero attached hydrogens (tertiary/aromatic N) is 1.